The smallest absolute Gasteiger partial charge is 0.252 e. The molecule has 1 aliphatic rings. The van der Waals surface area contributed by atoms with E-state index in [1.165, 1.54) is 0 Å². The molecule has 1 amide bonds. The molecule has 0 radical (unpaired) electrons. The Kier molecular flexibility index (Phi) is 4.42. The van der Waals surface area contributed by atoms with Crippen LogP contribution < -0.4 is 5.32 Å². The highest BCUT2D eigenvalue weighted by Gasteiger charge is 2.34. The second-order valence-electron chi connectivity index (χ2n) is 4.67. The summed E-state index contributed by atoms with van der Waals surface area (Å²) in [4.78, 5) is 12.3. The van der Waals surface area contributed by atoms with E-state index in [4.69, 9.17) is 4.74 Å². The Labute approximate surface area is 126 Å². The summed E-state index contributed by atoms with van der Waals surface area (Å²) in [5, 5.41) is 12.2. The fourth-order valence-corrected chi connectivity index (χ4v) is 2.62. The minimum atomic E-state index is -0.789. The minimum Gasteiger partial charge on any atom is -0.381 e. The third kappa shape index (κ3) is 3.07. The summed E-state index contributed by atoms with van der Waals surface area (Å²) < 4.78 is 6.30. The van der Waals surface area contributed by atoms with Gasteiger partial charge in [0.2, 0.25) is 0 Å². The van der Waals surface area contributed by atoms with Gasteiger partial charge in [0.05, 0.1) is 6.07 Å². The van der Waals surface area contributed by atoms with E-state index < -0.39 is 5.54 Å². The van der Waals surface area contributed by atoms with E-state index in [2.05, 4.69) is 34.0 Å². The summed E-state index contributed by atoms with van der Waals surface area (Å²) in [6.07, 6.45) is 1.08. The van der Waals surface area contributed by atoms with Crippen LogP contribution in [-0.2, 0) is 4.74 Å². The summed E-state index contributed by atoms with van der Waals surface area (Å²) >= 11 is 2.20. The number of benzene rings is 1. The molecule has 1 aromatic rings. The number of halogens is 1. The monoisotopic (exact) mass is 370 g/mol. The Morgan fingerprint density at radius 3 is 2.79 bits per heavy atom. The zero-order chi connectivity index (χ0) is 13.9. The van der Waals surface area contributed by atoms with Crippen molar-refractivity contribution in [3.63, 3.8) is 0 Å². The molecule has 4 nitrogen and oxygen atoms in total. The quantitative estimate of drug-likeness (QED) is 0.814. The van der Waals surface area contributed by atoms with E-state index in [9.17, 15) is 10.1 Å². The number of nitrogens with one attached hydrogen (secondary N) is 1. The second-order valence-corrected chi connectivity index (χ2v) is 5.83. The normalized spacial score (nSPS) is 17.5. The van der Waals surface area contributed by atoms with Gasteiger partial charge in [0, 0.05) is 35.2 Å². The van der Waals surface area contributed by atoms with Crippen LogP contribution >= 0.6 is 22.6 Å². The zero-order valence-corrected chi connectivity index (χ0v) is 12.9. The van der Waals surface area contributed by atoms with E-state index in [0.717, 1.165) is 9.13 Å². The molecule has 0 aromatic heterocycles. The molecule has 5 heteroatoms. The van der Waals surface area contributed by atoms with Gasteiger partial charge in [0.25, 0.3) is 5.91 Å². The van der Waals surface area contributed by atoms with Gasteiger partial charge < -0.3 is 10.1 Å². The Balaban J connectivity index is 2.21. The molecule has 19 heavy (non-hydrogen) atoms. The van der Waals surface area contributed by atoms with Crippen LogP contribution in [-0.4, -0.2) is 24.7 Å². The molecule has 0 saturated carbocycles. The van der Waals surface area contributed by atoms with Crippen molar-refractivity contribution < 1.29 is 9.53 Å². The zero-order valence-electron chi connectivity index (χ0n) is 10.7. The average Bonchev–Trinajstić information content (AvgIpc) is 2.42. The molecule has 1 saturated heterocycles. The van der Waals surface area contributed by atoms with Gasteiger partial charge in [-0.2, -0.15) is 5.26 Å². The van der Waals surface area contributed by atoms with Gasteiger partial charge in [-0.15, -0.1) is 0 Å². The maximum absolute atomic E-state index is 12.3. The number of carbonyl (C=O) groups is 1. The Hall–Kier alpha value is -1.13. The maximum Gasteiger partial charge on any atom is 0.252 e. The summed E-state index contributed by atoms with van der Waals surface area (Å²) in [5.74, 6) is -0.181. The number of nitrogens with zero attached hydrogens (tertiary/aromatic N) is 1. The second kappa shape index (κ2) is 5.88. The predicted molar refractivity (Wildman–Crippen MR) is 79.8 cm³/mol. The molecule has 0 aliphatic carbocycles. The maximum atomic E-state index is 12.3. The minimum absolute atomic E-state index is 0.181. The van der Waals surface area contributed by atoms with Crippen molar-refractivity contribution in [3.8, 4) is 6.07 Å². The van der Waals surface area contributed by atoms with E-state index in [1.807, 2.05) is 19.1 Å². The van der Waals surface area contributed by atoms with Crippen molar-refractivity contribution >= 4 is 28.5 Å². The Morgan fingerprint density at radius 1 is 1.47 bits per heavy atom. The topological polar surface area (TPSA) is 62.1 Å². The first-order valence-electron chi connectivity index (χ1n) is 6.15. The molecular formula is C14H15IN2O2. The van der Waals surface area contributed by atoms with Crippen molar-refractivity contribution in [2.24, 2.45) is 0 Å². The lowest BCUT2D eigenvalue weighted by atomic mass is 9.91. The number of rotatable bonds is 2. The molecule has 0 unspecified atom stereocenters. The van der Waals surface area contributed by atoms with Crippen LogP contribution in [0.15, 0.2) is 18.2 Å². The van der Waals surface area contributed by atoms with Crippen molar-refractivity contribution in [2.45, 2.75) is 25.3 Å². The van der Waals surface area contributed by atoms with Crippen LogP contribution in [0.2, 0.25) is 0 Å². The lowest BCUT2D eigenvalue weighted by Gasteiger charge is -2.31. The summed E-state index contributed by atoms with van der Waals surface area (Å²) in [6, 6.07) is 7.84. The molecule has 1 aromatic carbocycles. The first-order chi connectivity index (χ1) is 9.08. The van der Waals surface area contributed by atoms with Crippen molar-refractivity contribution in [3.05, 3.63) is 32.9 Å². The number of hydrogen-bond acceptors (Lipinski definition) is 3. The Bertz CT molecular complexity index is 531. The largest absolute Gasteiger partial charge is 0.381 e. The number of carbonyl (C=O) groups excluding carboxylic acids is 1. The van der Waals surface area contributed by atoms with Gasteiger partial charge in [0.15, 0.2) is 0 Å². The van der Waals surface area contributed by atoms with Gasteiger partial charge in [-0.05, 0) is 47.2 Å². The first kappa shape index (κ1) is 14.3. The molecule has 2 rings (SSSR count). The molecular weight excluding hydrogens is 355 g/mol. The predicted octanol–water partition coefficient (Wildman–Crippen LogP) is 2.40. The lowest BCUT2D eigenvalue weighted by Crippen LogP contribution is -2.51. The summed E-state index contributed by atoms with van der Waals surface area (Å²) in [5.41, 5.74) is 0.789. The fourth-order valence-electron chi connectivity index (χ4n) is 2.12. The van der Waals surface area contributed by atoms with Gasteiger partial charge >= 0.3 is 0 Å². The van der Waals surface area contributed by atoms with Crippen LogP contribution in [0.5, 0.6) is 0 Å². The van der Waals surface area contributed by atoms with Gasteiger partial charge in [0.1, 0.15) is 5.54 Å². The van der Waals surface area contributed by atoms with Crippen LogP contribution in [0.4, 0.5) is 0 Å². The fraction of sp³-hybridized carbons (Fsp3) is 0.429. The SMILES string of the molecule is Cc1c(I)cccc1C(=O)NC1(C#N)CCOCC1. The van der Waals surface area contributed by atoms with Crippen molar-refractivity contribution in [1.82, 2.24) is 5.32 Å². The van der Waals surface area contributed by atoms with Crippen LogP contribution in [0.25, 0.3) is 0 Å². The van der Waals surface area contributed by atoms with Crippen LogP contribution in [0, 0.1) is 21.8 Å². The standard InChI is InChI=1S/C14H15IN2O2/c1-10-11(3-2-4-12(10)15)13(18)17-14(9-16)5-7-19-8-6-14/h2-4H,5-8H2,1H3,(H,17,18). The molecule has 1 heterocycles. The molecule has 0 bridgehead atoms. The van der Waals surface area contributed by atoms with E-state index >= 15 is 0 Å². The lowest BCUT2D eigenvalue weighted by molar-refractivity contribution is 0.0531. The molecule has 0 spiro atoms. The van der Waals surface area contributed by atoms with E-state index in [1.54, 1.807) is 6.07 Å². The third-order valence-corrected chi connectivity index (χ3v) is 4.59. The summed E-state index contributed by atoms with van der Waals surface area (Å²) in [7, 11) is 0. The first-order valence-corrected chi connectivity index (χ1v) is 7.22. The highest BCUT2D eigenvalue weighted by atomic mass is 127. The number of amides is 1. The van der Waals surface area contributed by atoms with E-state index in [-0.39, 0.29) is 5.91 Å². The van der Waals surface area contributed by atoms with Crippen molar-refractivity contribution in [2.75, 3.05) is 13.2 Å². The van der Waals surface area contributed by atoms with Gasteiger partial charge in [-0.25, -0.2) is 0 Å². The van der Waals surface area contributed by atoms with E-state index in [0.29, 0.717) is 31.6 Å². The number of ether oxygens (including phenoxy) is 1. The molecule has 1 N–H and O–H groups in total. The molecule has 0 atom stereocenters. The number of nitriles is 1. The molecule has 100 valence electrons. The Morgan fingerprint density at radius 2 is 2.16 bits per heavy atom. The molecule has 1 aliphatic heterocycles. The molecule has 1 fully saturated rings. The van der Waals surface area contributed by atoms with Gasteiger partial charge in [-0.3, -0.25) is 4.79 Å². The highest BCUT2D eigenvalue weighted by molar-refractivity contribution is 14.1. The van der Waals surface area contributed by atoms with Gasteiger partial charge in [-0.1, -0.05) is 6.07 Å². The number of hydrogen-bond donors (Lipinski definition) is 1. The van der Waals surface area contributed by atoms with Crippen LogP contribution in [0.1, 0.15) is 28.8 Å². The third-order valence-electron chi connectivity index (χ3n) is 3.43. The summed E-state index contributed by atoms with van der Waals surface area (Å²) in [6.45, 7) is 2.94. The van der Waals surface area contributed by atoms with Crippen LogP contribution in [0.3, 0.4) is 0 Å². The average molecular weight is 370 g/mol. The van der Waals surface area contributed by atoms with Crippen molar-refractivity contribution in [1.29, 1.82) is 5.26 Å². The highest BCUT2D eigenvalue weighted by Crippen LogP contribution is 2.22.